The summed E-state index contributed by atoms with van der Waals surface area (Å²) in [5, 5.41) is 3.91. The smallest absolute Gasteiger partial charge is 0.268 e. The summed E-state index contributed by atoms with van der Waals surface area (Å²) >= 11 is 0. The Morgan fingerprint density at radius 3 is 2.84 bits per heavy atom. The fraction of sp³-hybridized carbons (Fsp3) is 0.133. The van der Waals surface area contributed by atoms with Crippen LogP contribution in [0.5, 0.6) is 0 Å². The zero-order chi connectivity index (χ0) is 13.2. The monoisotopic (exact) mass is 254 g/mol. The third-order valence-corrected chi connectivity index (χ3v) is 3.19. The molecule has 0 unspecified atom stereocenters. The number of nitrogens with one attached hydrogen (secondary N) is 1. The first kappa shape index (κ1) is 11.6. The number of amides is 1. The highest BCUT2D eigenvalue weighted by Crippen LogP contribution is 2.18. The second kappa shape index (κ2) is 4.65. The van der Waals surface area contributed by atoms with Crippen LogP contribution in [0.3, 0.4) is 0 Å². The molecule has 1 aromatic carbocycles. The van der Waals surface area contributed by atoms with E-state index in [1.807, 2.05) is 48.0 Å². The molecule has 0 aliphatic carbocycles. The summed E-state index contributed by atoms with van der Waals surface area (Å²) in [4.78, 5) is 12.2. The van der Waals surface area contributed by atoms with Crippen LogP contribution in [0.15, 0.2) is 53.1 Å². The lowest BCUT2D eigenvalue weighted by Gasteiger charge is -2.05. The van der Waals surface area contributed by atoms with Crippen molar-refractivity contribution in [3.8, 4) is 0 Å². The van der Waals surface area contributed by atoms with E-state index in [1.165, 1.54) is 0 Å². The van der Waals surface area contributed by atoms with E-state index < -0.39 is 0 Å². The number of hydrogen-bond donors (Lipinski definition) is 1. The summed E-state index contributed by atoms with van der Waals surface area (Å²) in [6.07, 6.45) is 1.60. The predicted molar refractivity (Wildman–Crippen MR) is 72.8 cm³/mol. The van der Waals surface area contributed by atoms with E-state index in [-0.39, 0.29) is 5.91 Å². The summed E-state index contributed by atoms with van der Waals surface area (Å²) in [6, 6.07) is 13.5. The summed E-state index contributed by atoms with van der Waals surface area (Å²) in [5.74, 6) is 0.641. The lowest BCUT2D eigenvalue weighted by Crippen LogP contribution is -2.24. The Kier molecular flexibility index (Phi) is 2.83. The molecule has 0 aliphatic rings. The maximum Gasteiger partial charge on any atom is 0.268 e. The topological polar surface area (TPSA) is 47.2 Å². The normalized spacial score (nSPS) is 10.8. The zero-order valence-electron chi connectivity index (χ0n) is 10.6. The van der Waals surface area contributed by atoms with Crippen molar-refractivity contribution in [1.82, 2.24) is 9.88 Å². The fourth-order valence-electron chi connectivity index (χ4n) is 2.18. The molecular weight excluding hydrogens is 240 g/mol. The van der Waals surface area contributed by atoms with Crippen LogP contribution in [0.2, 0.25) is 0 Å². The maximum absolute atomic E-state index is 12.2. The van der Waals surface area contributed by atoms with Crippen LogP contribution in [0.4, 0.5) is 0 Å². The van der Waals surface area contributed by atoms with Gasteiger partial charge in [0.15, 0.2) is 0 Å². The van der Waals surface area contributed by atoms with Gasteiger partial charge in [-0.05, 0) is 24.3 Å². The maximum atomic E-state index is 12.2. The van der Waals surface area contributed by atoms with E-state index in [2.05, 4.69) is 5.32 Å². The highest BCUT2D eigenvalue weighted by atomic mass is 16.3. The number of fused-ring (bicyclic) bond motifs is 1. The molecule has 19 heavy (non-hydrogen) atoms. The molecule has 1 N–H and O–H groups in total. The Morgan fingerprint density at radius 2 is 2.11 bits per heavy atom. The first-order valence-electron chi connectivity index (χ1n) is 6.11. The highest BCUT2D eigenvalue weighted by Gasteiger charge is 2.12. The molecule has 0 saturated carbocycles. The summed E-state index contributed by atoms with van der Waals surface area (Å²) < 4.78 is 7.08. The average Bonchev–Trinajstić information content (AvgIpc) is 3.05. The lowest BCUT2D eigenvalue weighted by atomic mass is 10.2. The second-order valence-electron chi connectivity index (χ2n) is 4.41. The van der Waals surface area contributed by atoms with E-state index >= 15 is 0 Å². The number of hydrogen-bond acceptors (Lipinski definition) is 2. The molecule has 0 spiro atoms. The minimum absolute atomic E-state index is 0.102. The van der Waals surface area contributed by atoms with Gasteiger partial charge in [0.25, 0.3) is 5.91 Å². The number of benzene rings is 1. The Bertz CT molecular complexity index is 711. The van der Waals surface area contributed by atoms with E-state index in [0.717, 1.165) is 16.7 Å². The van der Waals surface area contributed by atoms with Gasteiger partial charge in [0.1, 0.15) is 11.5 Å². The van der Waals surface area contributed by atoms with Crippen molar-refractivity contribution in [2.24, 2.45) is 7.05 Å². The number of rotatable bonds is 3. The number of aromatic nitrogens is 1. The van der Waals surface area contributed by atoms with Gasteiger partial charge in [-0.1, -0.05) is 18.2 Å². The standard InChI is InChI=1S/C15H14N2O2/c1-17-13-7-3-2-5-11(13)9-14(17)15(18)16-10-12-6-4-8-19-12/h2-9H,10H2,1H3,(H,16,18). The molecule has 3 aromatic rings. The van der Waals surface area contributed by atoms with Crippen molar-refractivity contribution in [2.45, 2.75) is 6.54 Å². The van der Waals surface area contributed by atoms with E-state index in [9.17, 15) is 4.79 Å². The zero-order valence-corrected chi connectivity index (χ0v) is 10.6. The van der Waals surface area contributed by atoms with Crippen molar-refractivity contribution < 1.29 is 9.21 Å². The SMILES string of the molecule is Cn1c(C(=O)NCc2ccco2)cc2ccccc21. The number of para-hydroxylation sites is 1. The average molecular weight is 254 g/mol. The molecule has 96 valence electrons. The van der Waals surface area contributed by atoms with E-state index in [1.54, 1.807) is 12.3 Å². The summed E-state index contributed by atoms with van der Waals surface area (Å²) in [7, 11) is 1.89. The van der Waals surface area contributed by atoms with Gasteiger partial charge in [-0.3, -0.25) is 4.79 Å². The molecule has 2 aromatic heterocycles. The van der Waals surface area contributed by atoms with Crippen molar-refractivity contribution in [2.75, 3.05) is 0 Å². The Morgan fingerprint density at radius 1 is 1.26 bits per heavy atom. The van der Waals surface area contributed by atoms with Crippen molar-refractivity contribution in [1.29, 1.82) is 0 Å². The van der Waals surface area contributed by atoms with Crippen LogP contribution in [0.1, 0.15) is 16.2 Å². The molecule has 1 amide bonds. The molecule has 0 fully saturated rings. The molecule has 4 heteroatoms. The lowest BCUT2D eigenvalue weighted by molar-refractivity contribution is 0.0940. The highest BCUT2D eigenvalue weighted by molar-refractivity contribution is 5.98. The summed E-state index contributed by atoms with van der Waals surface area (Å²) in [6.45, 7) is 0.396. The number of carbonyl (C=O) groups excluding carboxylic acids is 1. The Hall–Kier alpha value is -2.49. The van der Waals surface area contributed by atoms with E-state index in [0.29, 0.717) is 12.2 Å². The van der Waals surface area contributed by atoms with E-state index in [4.69, 9.17) is 4.42 Å². The van der Waals surface area contributed by atoms with Crippen LogP contribution >= 0.6 is 0 Å². The molecule has 0 bridgehead atoms. The van der Waals surface area contributed by atoms with Crippen LogP contribution < -0.4 is 5.32 Å². The molecule has 0 aliphatic heterocycles. The largest absolute Gasteiger partial charge is 0.467 e. The van der Waals surface area contributed by atoms with Crippen molar-refractivity contribution in [3.63, 3.8) is 0 Å². The predicted octanol–water partition coefficient (Wildman–Crippen LogP) is 2.70. The van der Waals surface area contributed by atoms with Gasteiger partial charge >= 0.3 is 0 Å². The Labute approximate surface area is 110 Å². The van der Waals surface area contributed by atoms with Crippen molar-refractivity contribution in [3.05, 3.63) is 60.2 Å². The van der Waals surface area contributed by atoms with Gasteiger partial charge < -0.3 is 14.3 Å². The van der Waals surface area contributed by atoms with Crippen LogP contribution in [-0.4, -0.2) is 10.5 Å². The molecule has 0 atom stereocenters. The molecule has 0 radical (unpaired) electrons. The van der Waals surface area contributed by atoms with Gasteiger partial charge in [-0.15, -0.1) is 0 Å². The van der Waals surface area contributed by atoms with Gasteiger partial charge in [0.05, 0.1) is 12.8 Å². The quantitative estimate of drug-likeness (QED) is 0.781. The third-order valence-electron chi connectivity index (χ3n) is 3.19. The van der Waals surface area contributed by atoms with Crippen LogP contribution in [-0.2, 0) is 13.6 Å². The minimum Gasteiger partial charge on any atom is -0.467 e. The van der Waals surface area contributed by atoms with Crippen LogP contribution in [0, 0.1) is 0 Å². The van der Waals surface area contributed by atoms with Crippen LogP contribution in [0.25, 0.3) is 10.9 Å². The molecular formula is C15H14N2O2. The molecule has 0 saturated heterocycles. The number of nitrogens with zero attached hydrogens (tertiary/aromatic N) is 1. The second-order valence-corrected chi connectivity index (χ2v) is 4.41. The summed E-state index contributed by atoms with van der Waals surface area (Å²) in [5.41, 5.74) is 1.69. The first-order valence-corrected chi connectivity index (χ1v) is 6.11. The molecule has 2 heterocycles. The fourth-order valence-corrected chi connectivity index (χ4v) is 2.18. The van der Waals surface area contributed by atoms with Crippen molar-refractivity contribution >= 4 is 16.8 Å². The third kappa shape index (κ3) is 2.12. The number of carbonyl (C=O) groups is 1. The van der Waals surface area contributed by atoms with Gasteiger partial charge in [0, 0.05) is 18.0 Å². The number of aryl methyl sites for hydroxylation is 1. The first-order chi connectivity index (χ1) is 9.25. The van der Waals surface area contributed by atoms with Gasteiger partial charge in [-0.25, -0.2) is 0 Å². The van der Waals surface area contributed by atoms with Gasteiger partial charge in [0.2, 0.25) is 0 Å². The Balaban J connectivity index is 1.83. The van der Waals surface area contributed by atoms with Gasteiger partial charge in [-0.2, -0.15) is 0 Å². The number of furan rings is 1. The minimum atomic E-state index is -0.102. The molecule has 4 nitrogen and oxygen atoms in total. The molecule has 3 rings (SSSR count).